The lowest BCUT2D eigenvalue weighted by Crippen LogP contribution is -2.53. The molecule has 0 bridgehead atoms. The number of aliphatic hydroxyl groups is 1. The van der Waals surface area contributed by atoms with Gasteiger partial charge in [0.2, 0.25) is 0 Å². The Morgan fingerprint density at radius 1 is 0.541 bits per heavy atom. The number of anilines is 2. The summed E-state index contributed by atoms with van der Waals surface area (Å²) >= 11 is 0. The van der Waals surface area contributed by atoms with E-state index in [1.807, 2.05) is 154 Å². The van der Waals surface area contributed by atoms with E-state index in [0.29, 0.717) is 38.7 Å². The highest BCUT2D eigenvalue weighted by atomic mass is 16.6. The van der Waals surface area contributed by atoms with Crippen LogP contribution in [-0.2, 0) is 62.5 Å². The van der Waals surface area contributed by atoms with E-state index in [9.17, 15) is 24.0 Å². The number of carboxylic acid groups (broad SMARTS) is 1. The Bertz CT molecular complexity index is 3380. The predicted molar refractivity (Wildman–Crippen MR) is 326 cm³/mol. The molecule has 4 saturated heterocycles. The molecule has 0 unspecified atom stereocenters. The predicted octanol–water partition coefficient (Wildman–Crippen LogP) is 8.89. The van der Waals surface area contributed by atoms with Gasteiger partial charge in [0.15, 0.2) is 0 Å². The molecule has 6 aromatic carbocycles. The van der Waals surface area contributed by atoms with Crippen molar-refractivity contribution in [2.75, 3.05) is 84.7 Å². The maximum absolute atomic E-state index is 12.1. The molecular formula is C64H78N10O11. The van der Waals surface area contributed by atoms with Crippen molar-refractivity contribution in [1.29, 1.82) is 0 Å². The monoisotopic (exact) mass is 1160 g/mol. The number of ether oxygens (including phenoxy) is 4. The van der Waals surface area contributed by atoms with Crippen LogP contribution in [0.5, 0.6) is 0 Å². The van der Waals surface area contributed by atoms with Gasteiger partial charge in [-0.2, -0.15) is 0 Å². The Balaban J connectivity index is 0.000000173. The van der Waals surface area contributed by atoms with E-state index in [-0.39, 0.29) is 63.7 Å². The third-order valence-corrected chi connectivity index (χ3v) is 14.3. The maximum atomic E-state index is 12.1. The summed E-state index contributed by atoms with van der Waals surface area (Å²) in [6, 6.07) is 52.6. The molecule has 4 aliphatic rings. The SMILES string of the molecule is C.CNc1ccccc1N.CO.COC(=O)C1CN(C(=O)OCc2ccccc2)C1.Cn1c(C2CN(C(=O)OCc3ccccc3)C2)nc2ccccc21.Cn1c(C2CNC2)nc2ccccc21.O=C(O)C1CN(C(=O)OCc2ccccc2)C1. The van der Waals surface area contributed by atoms with Gasteiger partial charge >= 0.3 is 30.2 Å². The van der Waals surface area contributed by atoms with E-state index in [0.717, 1.165) is 70.6 Å². The number of likely N-dealkylation sites (tertiary alicyclic amines) is 3. The van der Waals surface area contributed by atoms with Crippen LogP contribution in [0.15, 0.2) is 164 Å². The maximum Gasteiger partial charge on any atom is 0.410 e. The Labute approximate surface area is 495 Å². The van der Waals surface area contributed by atoms with Crippen molar-refractivity contribution in [3.8, 4) is 0 Å². The number of benzene rings is 6. The number of carbonyl (C=O) groups is 5. The number of amides is 3. The normalized spacial score (nSPS) is 14.2. The number of fused-ring (bicyclic) bond motifs is 2. The van der Waals surface area contributed by atoms with Crippen molar-refractivity contribution < 1.29 is 53.1 Å². The van der Waals surface area contributed by atoms with Crippen LogP contribution in [-0.4, -0.2) is 148 Å². The van der Waals surface area contributed by atoms with E-state index < -0.39 is 18.0 Å². The van der Waals surface area contributed by atoms with Crippen molar-refractivity contribution in [2.24, 2.45) is 25.9 Å². The highest BCUT2D eigenvalue weighted by molar-refractivity contribution is 5.79. The summed E-state index contributed by atoms with van der Waals surface area (Å²) in [5, 5.41) is 21.9. The lowest BCUT2D eigenvalue weighted by Gasteiger charge is -2.37. The van der Waals surface area contributed by atoms with Gasteiger partial charge in [0.25, 0.3) is 0 Å². The number of nitrogens with one attached hydrogen (secondary N) is 2. The average molecular weight is 1160 g/mol. The summed E-state index contributed by atoms with van der Waals surface area (Å²) in [6.07, 6.45) is -1.10. The molecule has 0 aliphatic carbocycles. The van der Waals surface area contributed by atoms with Crippen molar-refractivity contribution in [1.82, 2.24) is 39.1 Å². The van der Waals surface area contributed by atoms with Crippen LogP contribution in [0.4, 0.5) is 25.8 Å². The molecule has 6 N–H and O–H groups in total. The Hall–Kier alpha value is -9.47. The first kappa shape index (κ1) is 64.7. The number of nitrogens with two attached hydrogens (primary N) is 1. The zero-order valence-corrected chi connectivity index (χ0v) is 48.0. The molecule has 0 radical (unpaired) electrons. The number of methoxy groups -OCH3 is 1. The van der Waals surface area contributed by atoms with Gasteiger partial charge in [-0.25, -0.2) is 24.4 Å². The van der Waals surface area contributed by atoms with Crippen LogP contribution in [0.3, 0.4) is 0 Å². The number of esters is 1. The molecule has 3 amide bonds. The third kappa shape index (κ3) is 17.8. The van der Waals surface area contributed by atoms with E-state index >= 15 is 0 Å². The lowest BCUT2D eigenvalue weighted by molar-refractivity contribution is -0.150. The second-order valence-corrected chi connectivity index (χ2v) is 20.0. The van der Waals surface area contributed by atoms with Gasteiger partial charge in [-0.05, 0) is 53.1 Å². The van der Waals surface area contributed by atoms with Crippen LogP contribution in [0.2, 0.25) is 0 Å². The molecule has 21 heteroatoms. The molecule has 0 spiro atoms. The number of aromatic nitrogens is 4. The number of carbonyl (C=O) groups excluding carboxylic acids is 4. The Morgan fingerprint density at radius 3 is 1.26 bits per heavy atom. The van der Waals surface area contributed by atoms with Crippen molar-refractivity contribution in [3.05, 3.63) is 192 Å². The van der Waals surface area contributed by atoms with Gasteiger partial charge < -0.3 is 69.4 Å². The molecule has 8 aromatic rings. The summed E-state index contributed by atoms with van der Waals surface area (Å²) in [7, 11) is 8.33. The largest absolute Gasteiger partial charge is 0.481 e. The standard InChI is InChI=1S/C19H19N3O2.C13H15NO4.C12H13NO4.C11H13N3.C7H10N2.CH4O.CH4/c1-21-17-10-6-5-9-16(17)20-18(21)15-11-22(12-15)19(23)24-13-14-7-3-2-4-8-14;1-17-12(15)11-7-14(8-11)13(16)18-9-10-5-3-2-4-6-10;14-11(15)10-6-13(7-10)12(16)17-8-9-4-2-1-3-5-9;1-14-10-5-3-2-4-9(10)13-11(14)8-6-12-7-8;1-9-7-5-3-2-4-6(7)8;1-2;/h2-10,15H,11-13H2,1H3;2-6,11H,7-9H2,1H3;1-5,10H,6-8H2,(H,14,15);2-5,8,12H,6-7H2,1H3;2-5,9H,8H2,1H3;2H,1H3;1H4. The molecule has 85 heavy (non-hydrogen) atoms. The van der Waals surface area contributed by atoms with Crippen LogP contribution < -0.4 is 16.4 Å². The smallest absolute Gasteiger partial charge is 0.410 e. The second kappa shape index (κ2) is 32.4. The van der Waals surface area contributed by atoms with Gasteiger partial charge in [-0.15, -0.1) is 0 Å². The van der Waals surface area contributed by atoms with E-state index in [1.54, 1.807) is 4.90 Å². The minimum absolute atomic E-state index is 0. The third-order valence-electron chi connectivity index (χ3n) is 14.3. The molecule has 21 nitrogen and oxygen atoms in total. The number of hydrogen-bond acceptors (Lipinski definition) is 15. The Morgan fingerprint density at radius 2 is 0.906 bits per heavy atom. The quantitative estimate of drug-likeness (QED) is 0.0460. The lowest BCUT2D eigenvalue weighted by atomic mass is 10.00. The topological polar surface area (TPSA) is 258 Å². The van der Waals surface area contributed by atoms with Crippen molar-refractivity contribution in [3.63, 3.8) is 0 Å². The van der Waals surface area contributed by atoms with Gasteiger partial charge in [-0.1, -0.05) is 135 Å². The highest BCUT2D eigenvalue weighted by Gasteiger charge is 2.38. The number of aryl methyl sites for hydroxylation is 2. The molecule has 12 rings (SSSR count). The minimum atomic E-state index is -0.864. The first-order valence-electron chi connectivity index (χ1n) is 27.5. The molecular weight excluding hydrogens is 1080 g/mol. The van der Waals surface area contributed by atoms with Crippen LogP contribution in [0.25, 0.3) is 22.1 Å². The van der Waals surface area contributed by atoms with Crippen LogP contribution in [0, 0.1) is 11.8 Å². The van der Waals surface area contributed by atoms with Crippen molar-refractivity contribution >= 4 is 63.7 Å². The number of imidazole rings is 2. The molecule has 4 aliphatic heterocycles. The number of nitrogen functional groups attached to an aromatic ring is 1. The number of para-hydroxylation sites is 6. The van der Waals surface area contributed by atoms with Crippen LogP contribution in [0.1, 0.15) is 47.6 Å². The number of carboxylic acids is 1. The van der Waals surface area contributed by atoms with Gasteiger partial charge in [0, 0.05) is 86.5 Å². The van der Waals surface area contributed by atoms with Crippen LogP contribution >= 0.6 is 0 Å². The summed E-state index contributed by atoms with van der Waals surface area (Å²) in [5.41, 5.74) is 14.7. The zero-order valence-electron chi connectivity index (χ0n) is 48.0. The number of hydrogen-bond donors (Lipinski definition) is 5. The summed E-state index contributed by atoms with van der Waals surface area (Å²) < 4.78 is 24.5. The molecule has 6 heterocycles. The van der Waals surface area contributed by atoms with Crippen molar-refractivity contribution in [2.45, 2.75) is 39.1 Å². The molecule has 4 fully saturated rings. The summed E-state index contributed by atoms with van der Waals surface area (Å²) in [4.78, 5) is 70.9. The zero-order chi connectivity index (χ0) is 60.0. The highest BCUT2D eigenvalue weighted by Crippen LogP contribution is 2.30. The summed E-state index contributed by atoms with van der Waals surface area (Å²) in [6.45, 7) is 5.45. The first-order valence-corrected chi connectivity index (χ1v) is 27.5. The average Bonchev–Trinajstić information content (AvgIpc) is 3.09. The Kier molecular flexibility index (Phi) is 24.7. The molecule has 2 aromatic heterocycles. The van der Waals surface area contributed by atoms with Gasteiger partial charge in [0.1, 0.15) is 31.5 Å². The van der Waals surface area contributed by atoms with E-state index in [2.05, 4.69) is 60.8 Å². The minimum Gasteiger partial charge on any atom is -0.481 e. The molecule has 450 valence electrons. The van der Waals surface area contributed by atoms with Gasteiger partial charge in [-0.3, -0.25) is 9.59 Å². The fourth-order valence-corrected chi connectivity index (χ4v) is 9.20. The number of nitrogens with zero attached hydrogens (tertiary/aromatic N) is 7. The van der Waals surface area contributed by atoms with E-state index in [1.165, 1.54) is 28.3 Å². The first-order chi connectivity index (χ1) is 40.8. The fraction of sp³-hybridized carbons (Fsp3) is 0.328. The fourth-order valence-electron chi connectivity index (χ4n) is 9.20. The number of aliphatic carboxylic acids is 1. The molecule has 0 atom stereocenters. The van der Waals surface area contributed by atoms with E-state index in [4.69, 9.17) is 35.1 Å². The van der Waals surface area contributed by atoms with Gasteiger partial charge in [0.05, 0.1) is 58.3 Å². The molecule has 0 saturated carbocycles. The number of rotatable bonds is 11. The number of aliphatic hydroxyl groups excluding tert-OH is 1. The summed E-state index contributed by atoms with van der Waals surface area (Å²) in [5.74, 6) is 1.32. The second-order valence-electron chi connectivity index (χ2n) is 20.0.